The molecule has 3 aliphatic heterocycles. The first-order valence-electron chi connectivity index (χ1n) is 8.81. The molecule has 3 heterocycles. The van der Waals surface area contributed by atoms with Gasteiger partial charge in [0, 0.05) is 24.3 Å². The van der Waals surface area contributed by atoms with Crippen molar-refractivity contribution in [3.05, 3.63) is 47.1 Å². The van der Waals surface area contributed by atoms with E-state index in [0.29, 0.717) is 16.8 Å². The average molecular weight is 355 g/mol. The van der Waals surface area contributed by atoms with E-state index in [-0.39, 0.29) is 18.9 Å². The summed E-state index contributed by atoms with van der Waals surface area (Å²) in [6.45, 7) is 1.22. The number of hydrogen-bond acceptors (Lipinski definition) is 6. The molecule has 1 atom stereocenters. The Kier molecular flexibility index (Phi) is 4.26. The predicted molar refractivity (Wildman–Crippen MR) is 96.1 cm³/mol. The topological polar surface area (TPSA) is 93.1 Å². The molecule has 0 bridgehead atoms. The lowest BCUT2D eigenvalue weighted by molar-refractivity contribution is -0.145. The number of rotatable bonds is 3. The van der Waals surface area contributed by atoms with Gasteiger partial charge < -0.3 is 15.5 Å². The number of carboxylic acid groups (broad SMARTS) is 1. The second-order valence-corrected chi connectivity index (χ2v) is 6.68. The summed E-state index contributed by atoms with van der Waals surface area (Å²) < 4.78 is 0. The standard InChI is InChI=1S/C19H21N3O4/c23-11-12-9-15(19(25)26)22(21-7-3-4-8-21)18-13-5-1-2-6-14(13)20-10-16(24)17(12)18/h1-2,5-6,9,15,20,23H,3-4,7-8,10-11H2,(H,25,26). The third kappa shape index (κ3) is 2.60. The first-order valence-corrected chi connectivity index (χ1v) is 8.81. The first-order chi connectivity index (χ1) is 12.6. The van der Waals surface area contributed by atoms with Crippen LogP contribution in [0, 0.1) is 0 Å². The van der Waals surface area contributed by atoms with Gasteiger partial charge in [0.2, 0.25) is 0 Å². The van der Waals surface area contributed by atoms with Crippen LogP contribution in [0.1, 0.15) is 18.4 Å². The number of para-hydroxylation sites is 1. The Morgan fingerprint density at radius 3 is 2.65 bits per heavy atom. The SMILES string of the molecule is O=C1CNc2ccccc2C2=C1C(CO)=CC(C(=O)O)N2N1CCCC1. The van der Waals surface area contributed by atoms with Gasteiger partial charge in [0.15, 0.2) is 11.8 Å². The molecular weight excluding hydrogens is 334 g/mol. The minimum atomic E-state index is -1.00. The minimum Gasteiger partial charge on any atom is -0.479 e. The summed E-state index contributed by atoms with van der Waals surface area (Å²) in [4.78, 5) is 24.9. The highest BCUT2D eigenvalue weighted by Crippen LogP contribution is 2.40. The van der Waals surface area contributed by atoms with E-state index in [4.69, 9.17) is 0 Å². The van der Waals surface area contributed by atoms with Crippen LogP contribution >= 0.6 is 0 Å². The molecule has 136 valence electrons. The number of carbonyl (C=O) groups is 2. The first kappa shape index (κ1) is 16.8. The van der Waals surface area contributed by atoms with Gasteiger partial charge in [-0.2, -0.15) is 0 Å². The highest BCUT2D eigenvalue weighted by Gasteiger charge is 2.41. The van der Waals surface area contributed by atoms with Crippen molar-refractivity contribution < 1.29 is 19.8 Å². The monoisotopic (exact) mass is 355 g/mol. The zero-order valence-corrected chi connectivity index (χ0v) is 14.3. The van der Waals surface area contributed by atoms with Crippen LogP contribution in [0.5, 0.6) is 0 Å². The summed E-state index contributed by atoms with van der Waals surface area (Å²) in [5.41, 5.74) is 2.95. The van der Waals surface area contributed by atoms with Crippen molar-refractivity contribution in [2.75, 3.05) is 31.6 Å². The Bertz CT molecular complexity index is 824. The molecule has 0 amide bonds. The van der Waals surface area contributed by atoms with Gasteiger partial charge >= 0.3 is 5.97 Å². The smallest absolute Gasteiger partial charge is 0.331 e. The third-order valence-electron chi connectivity index (χ3n) is 5.12. The molecule has 0 aromatic heterocycles. The summed E-state index contributed by atoms with van der Waals surface area (Å²) in [5, 5.41) is 26.6. The lowest BCUT2D eigenvalue weighted by atomic mass is 9.90. The molecule has 0 saturated carbocycles. The molecule has 0 aliphatic carbocycles. The zero-order valence-electron chi connectivity index (χ0n) is 14.3. The molecule has 1 saturated heterocycles. The van der Waals surface area contributed by atoms with Crippen LogP contribution in [0.4, 0.5) is 5.69 Å². The van der Waals surface area contributed by atoms with Crippen molar-refractivity contribution in [3.8, 4) is 0 Å². The maximum Gasteiger partial charge on any atom is 0.331 e. The summed E-state index contributed by atoms with van der Waals surface area (Å²) in [7, 11) is 0. The molecule has 3 aliphatic rings. The molecule has 7 heteroatoms. The van der Waals surface area contributed by atoms with E-state index in [1.807, 2.05) is 29.3 Å². The third-order valence-corrected chi connectivity index (χ3v) is 5.12. The maximum absolute atomic E-state index is 12.9. The second kappa shape index (κ2) is 6.59. The number of benzene rings is 1. The van der Waals surface area contributed by atoms with E-state index >= 15 is 0 Å². The van der Waals surface area contributed by atoms with E-state index in [9.17, 15) is 19.8 Å². The van der Waals surface area contributed by atoms with Crippen molar-refractivity contribution >= 4 is 23.1 Å². The number of nitrogens with zero attached hydrogens (tertiary/aromatic N) is 2. The summed E-state index contributed by atoms with van der Waals surface area (Å²) in [5.74, 6) is -1.15. The molecular formula is C19H21N3O4. The minimum absolute atomic E-state index is 0.110. The number of fused-ring (bicyclic) bond motifs is 2. The van der Waals surface area contributed by atoms with Crippen molar-refractivity contribution in [1.29, 1.82) is 0 Å². The van der Waals surface area contributed by atoms with Crippen LogP contribution in [0.15, 0.2) is 41.5 Å². The lowest BCUT2D eigenvalue weighted by Gasteiger charge is -2.42. The number of Topliss-reactive ketones (excluding diaryl/α,β-unsaturated/α-hetero) is 1. The Morgan fingerprint density at radius 1 is 1.23 bits per heavy atom. The molecule has 7 nitrogen and oxygen atoms in total. The molecule has 1 aromatic carbocycles. The highest BCUT2D eigenvalue weighted by molar-refractivity contribution is 6.11. The molecule has 26 heavy (non-hydrogen) atoms. The zero-order chi connectivity index (χ0) is 18.3. The van der Waals surface area contributed by atoms with Gasteiger partial charge in [0.1, 0.15) is 0 Å². The van der Waals surface area contributed by atoms with Gasteiger partial charge in [-0.15, -0.1) is 0 Å². The van der Waals surface area contributed by atoms with Gasteiger partial charge in [-0.25, -0.2) is 9.80 Å². The van der Waals surface area contributed by atoms with Crippen molar-refractivity contribution in [1.82, 2.24) is 10.0 Å². The Morgan fingerprint density at radius 2 is 1.96 bits per heavy atom. The predicted octanol–water partition coefficient (Wildman–Crippen LogP) is 1.09. The van der Waals surface area contributed by atoms with Crippen LogP contribution in [0.3, 0.4) is 0 Å². The molecule has 1 fully saturated rings. The average Bonchev–Trinajstić information content (AvgIpc) is 3.14. The highest BCUT2D eigenvalue weighted by atomic mass is 16.4. The Balaban J connectivity index is 1.98. The summed E-state index contributed by atoms with van der Waals surface area (Å²) in [6, 6.07) is 6.57. The number of aliphatic hydroxyl groups excluding tert-OH is 1. The van der Waals surface area contributed by atoms with E-state index in [2.05, 4.69) is 5.32 Å². The fraction of sp³-hybridized carbons (Fsp3) is 0.368. The molecule has 4 rings (SSSR count). The van der Waals surface area contributed by atoms with E-state index < -0.39 is 12.0 Å². The van der Waals surface area contributed by atoms with E-state index in [0.717, 1.165) is 37.2 Å². The fourth-order valence-electron chi connectivity index (χ4n) is 3.97. The number of hydrazine groups is 1. The van der Waals surface area contributed by atoms with E-state index in [1.165, 1.54) is 6.08 Å². The van der Waals surface area contributed by atoms with E-state index in [1.54, 1.807) is 5.01 Å². The van der Waals surface area contributed by atoms with Crippen LogP contribution in [0.2, 0.25) is 0 Å². The Hall–Kier alpha value is -2.64. The Labute approximate surface area is 151 Å². The van der Waals surface area contributed by atoms with Gasteiger partial charge in [0.25, 0.3) is 0 Å². The second-order valence-electron chi connectivity index (χ2n) is 6.68. The number of nitrogens with one attached hydrogen (secondary N) is 1. The van der Waals surface area contributed by atoms with Crippen molar-refractivity contribution in [3.63, 3.8) is 0 Å². The summed E-state index contributed by atoms with van der Waals surface area (Å²) in [6.07, 6.45) is 3.47. The molecule has 3 N–H and O–H groups in total. The van der Waals surface area contributed by atoms with Crippen LogP contribution in [-0.4, -0.2) is 64.3 Å². The van der Waals surface area contributed by atoms with Crippen molar-refractivity contribution in [2.24, 2.45) is 0 Å². The number of aliphatic hydroxyl groups is 1. The van der Waals surface area contributed by atoms with Gasteiger partial charge in [-0.05, 0) is 30.6 Å². The number of anilines is 1. The number of hydrogen-bond donors (Lipinski definition) is 3. The number of carbonyl (C=O) groups excluding carboxylic acids is 1. The van der Waals surface area contributed by atoms with Gasteiger partial charge in [0.05, 0.1) is 24.4 Å². The van der Waals surface area contributed by atoms with Crippen LogP contribution < -0.4 is 5.32 Å². The number of aliphatic carboxylic acids is 1. The molecule has 1 unspecified atom stereocenters. The fourth-order valence-corrected chi connectivity index (χ4v) is 3.97. The number of carboxylic acids is 1. The largest absolute Gasteiger partial charge is 0.479 e. The van der Waals surface area contributed by atoms with Crippen molar-refractivity contribution in [2.45, 2.75) is 18.9 Å². The normalized spacial score (nSPS) is 23.1. The molecule has 0 spiro atoms. The van der Waals surface area contributed by atoms with Gasteiger partial charge in [-0.1, -0.05) is 18.2 Å². The van der Waals surface area contributed by atoms with Crippen LogP contribution in [-0.2, 0) is 9.59 Å². The maximum atomic E-state index is 12.9. The number of ketones is 1. The summed E-state index contributed by atoms with van der Waals surface area (Å²) >= 11 is 0. The molecule has 1 aromatic rings. The quantitative estimate of drug-likeness (QED) is 0.747. The van der Waals surface area contributed by atoms with Gasteiger partial charge in [-0.3, -0.25) is 9.80 Å². The van der Waals surface area contributed by atoms with Crippen LogP contribution in [0.25, 0.3) is 5.70 Å². The molecule has 0 radical (unpaired) electrons. The lowest BCUT2D eigenvalue weighted by Crippen LogP contribution is -2.51.